The number of hydrogen-bond donors (Lipinski definition) is 2. The Bertz CT molecular complexity index is 420. The van der Waals surface area contributed by atoms with Gasteiger partial charge in [0.15, 0.2) is 0 Å². The summed E-state index contributed by atoms with van der Waals surface area (Å²) in [4.78, 5) is 16.1. The van der Waals surface area contributed by atoms with Crippen molar-refractivity contribution in [3.8, 4) is 5.88 Å². The zero-order chi connectivity index (χ0) is 13.0. The third-order valence-electron chi connectivity index (χ3n) is 2.41. The Hall–Kier alpha value is -1.27. The maximum absolute atomic E-state index is 12.0. The quantitative estimate of drug-likeness (QED) is 0.865. The van der Waals surface area contributed by atoms with Crippen LogP contribution in [0.2, 0.25) is 0 Å². The van der Waals surface area contributed by atoms with Gasteiger partial charge in [0.25, 0.3) is 0 Å². The van der Waals surface area contributed by atoms with Gasteiger partial charge >= 0.3 is 0 Å². The highest BCUT2D eigenvalue weighted by Crippen LogP contribution is 2.22. The fourth-order valence-corrected chi connectivity index (χ4v) is 2.53. The molecule has 1 aromatic heterocycles. The van der Waals surface area contributed by atoms with E-state index in [1.165, 1.54) is 0 Å². The molecule has 0 radical (unpaired) electrons. The lowest BCUT2D eigenvalue weighted by atomic mass is 10.3. The molecule has 2 N–H and O–H groups in total. The molecule has 0 saturated carbocycles. The minimum atomic E-state index is -0.137. The number of anilines is 1. The minimum absolute atomic E-state index is 0.0238. The van der Waals surface area contributed by atoms with E-state index in [4.69, 9.17) is 4.74 Å². The fourth-order valence-electron chi connectivity index (χ4n) is 1.59. The summed E-state index contributed by atoms with van der Waals surface area (Å²) in [6.07, 6.45) is 1.67. The molecular weight excluding hydrogens is 250 g/mol. The fraction of sp³-hybridized carbons (Fsp3) is 0.500. The number of thioether (sulfide) groups is 1. The Morgan fingerprint density at radius 2 is 2.50 bits per heavy atom. The number of ether oxygens (including phenoxy) is 1. The van der Waals surface area contributed by atoms with Gasteiger partial charge in [-0.2, -0.15) is 0 Å². The van der Waals surface area contributed by atoms with Crippen molar-refractivity contribution in [1.29, 1.82) is 0 Å². The third kappa shape index (κ3) is 3.36. The van der Waals surface area contributed by atoms with E-state index in [0.717, 1.165) is 11.6 Å². The first-order chi connectivity index (χ1) is 8.66. The van der Waals surface area contributed by atoms with E-state index >= 15 is 0 Å². The number of amides is 1. The molecule has 1 fully saturated rings. The molecule has 1 aromatic rings. The first-order valence-corrected chi connectivity index (χ1v) is 7.06. The average Bonchev–Trinajstić information content (AvgIpc) is 2.84. The molecule has 1 unspecified atom stereocenters. The third-order valence-corrected chi connectivity index (χ3v) is 3.35. The van der Waals surface area contributed by atoms with Crippen molar-refractivity contribution in [1.82, 2.24) is 10.3 Å². The Kier molecular flexibility index (Phi) is 4.43. The van der Waals surface area contributed by atoms with Crippen molar-refractivity contribution in [3.63, 3.8) is 0 Å². The Morgan fingerprint density at radius 3 is 3.17 bits per heavy atom. The van der Waals surface area contributed by atoms with Gasteiger partial charge in [-0.3, -0.25) is 10.1 Å². The van der Waals surface area contributed by atoms with Gasteiger partial charge in [-0.25, -0.2) is 4.98 Å². The maximum atomic E-state index is 12.0. The van der Waals surface area contributed by atoms with Crippen molar-refractivity contribution in [2.45, 2.75) is 26.0 Å². The van der Waals surface area contributed by atoms with E-state index in [2.05, 4.69) is 15.6 Å². The molecular formula is C12H17N3O2S. The van der Waals surface area contributed by atoms with Gasteiger partial charge < -0.3 is 10.1 Å². The summed E-state index contributed by atoms with van der Waals surface area (Å²) in [6.45, 7) is 3.85. The lowest BCUT2D eigenvalue weighted by molar-refractivity contribution is -0.117. The molecule has 1 amide bonds. The van der Waals surface area contributed by atoms with Crippen LogP contribution in [0, 0.1) is 0 Å². The van der Waals surface area contributed by atoms with Crippen LogP contribution in [-0.4, -0.2) is 34.7 Å². The molecule has 1 atom stereocenters. The number of carbonyl (C=O) groups excluding carboxylic acids is 1. The summed E-state index contributed by atoms with van der Waals surface area (Å²) < 4.78 is 5.56. The van der Waals surface area contributed by atoms with Crippen LogP contribution in [-0.2, 0) is 4.79 Å². The van der Waals surface area contributed by atoms with Gasteiger partial charge in [0, 0.05) is 17.8 Å². The highest BCUT2D eigenvalue weighted by atomic mass is 32.2. The first kappa shape index (κ1) is 13.2. The maximum Gasteiger partial charge on any atom is 0.242 e. The smallest absolute Gasteiger partial charge is 0.242 e. The molecule has 2 heterocycles. The van der Waals surface area contributed by atoms with Gasteiger partial charge in [-0.1, -0.05) is 0 Å². The number of pyridine rings is 1. The lowest BCUT2D eigenvalue weighted by Crippen LogP contribution is -2.37. The minimum Gasteiger partial charge on any atom is -0.473 e. The Balaban J connectivity index is 2.05. The van der Waals surface area contributed by atoms with E-state index < -0.39 is 0 Å². The highest BCUT2D eigenvalue weighted by Gasteiger charge is 2.23. The zero-order valence-electron chi connectivity index (χ0n) is 10.5. The standard InChI is InChI=1S/C12H17N3O2S/c1-8(2)17-12-9(4-3-5-13-12)15-11(16)10-6-18-7-14-10/h3-5,8,10,14H,6-7H2,1-2H3,(H,15,16). The summed E-state index contributed by atoms with van der Waals surface area (Å²) in [5, 5.41) is 5.98. The molecule has 0 spiro atoms. The molecule has 0 aliphatic carbocycles. The van der Waals surface area contributed by atoms with E-state index in [0.29, 0.717) is 11.6 Å². The van der Waals surface area contributed by atoms with E-state index in [1.807, 2.05) is 13.8 Å². The molecule has 0 aromatic carbocycles. The molecule has 0 bridgehead atoms. The second-order valence-electron chi connectivity index (χ2n) is 4.28. The molecule has 1 aliphatic rings. The van der Waals surface area contributed by atoms with E-state index in [9.17, 15) is 4.79 Å². The van der Waals surface area contributed by atoms with Gasteiger partial charge in [-0.15, -0.1) is 11.8 Å². The van der Waals surface area contributed by atoms with Crippen LogP contribution in [0.3, 0.4) is 0 Å². The molecule has 98 valence electrons. The van der Waals surface area contributed by atoms with Gasteiger partial charge in [0.2, 0.25) is 11.8 Å². The SMILES string of the molecule is CC(C)Oc1ncccc1NC(=O)C1CSCN1. The highest BCUT2D eigenvalue weighted by molar-refractivity contribution is 7.99. The van der Waals surface area contributed by atoms with Gasteiger partial charge in [0.05, 0.1) is 12.1 Å². The van der Waals surface area contributed by atoms with Crippen LogP contribution in [0.25, 0.3) is 0 Å². The topological polar surface area (TPSA) is 63.2 Å². The zero-order valence-corrected chi connectivity index (χ0v) is 11.3. The monoisotopic (exact) mass is 267 g/mol. The first-order valence-electron chi connectivity index (χ1n) is 5.90. The van der Waals surface area contributed by atoms with Crippen molar-refractivity contribution >= 4 is 23.4 Å². The molecule has 1 aliphatic heterocycles. The molecule has 1 saturated heterocycles. The second-order valence-corrected chi connectivity index (χ2v) is 5.31. The Morgan fingerprint density at radius 1 is 1.67 bits per heavy atom. The van der Waals surface area contributed by atoms with Crippen molar-refractivity contribution < 1.29 is 9.53 Å². The molecule has 18 heavy (non-hydrogen) atoms. The number of carbonyl (C=O) groups is 1. The van der Waals surface area contributed by atoms with Crippen LogP contribution in [0.4, 0.5) is 5.69 Å². The summed E-state index contributed by atoms with van der Waals surface area (Å²) in [6, 6.07) is 3.44. The van der Waals surface area contributed by atoms with Crippen LogP contribution in [0.15, 0.2) is 18.3 Å². The average molecular weight is 267 g/mol. The second kappa shape index (κ2) is 6.06. The van der Waals surface area contributed by atoms with E-state index in [1.54, 1.807) is 30.1 Å². The van der Waals surface area contributed by atoms with Crippen molar-refractivity contribution in [2.24, 2.45) is 0 Å². The number of nitrogens with one attached hydrogen (secondary N) is 2. The van der Waals surface area contributed by atoms with Crippen LogP contribution in [0.5, 0.6) is 5.88 Å². The Labute approximate surface area is 111 Å². The molecule has 2 rings (SSSR count). The molecule has 5 nitrogen and oxygen atoms in total. The summed E-state index contributed by atoms with van der Waals surface area (Å²) in [7, 11) is 0. The summed E-state index contributed by atoms with van der Waals surface area (Å²) in [5.74, 6) is 2.04. The summed E-state index contributed by atoms with van der Waals surface area (Å²) in [5.41, 5.74) is 0.620. The predicted molar refractivity (Wildman–Crippen MR) is 72.9 cm³/mol. The molecule has 6 heteroatoms. The van der Waals surface area contributed by atoms with Gasteiger partial charge in [-0.05, 0) is 26.0 Å². The van der Waals surface area contributed by atoms with Crippen LogP contribution < -0.4 is 15.4 Å². The number of rotatable bonds is 4. The van der Waals surface area contributed by atoms with Crippen molar-refractivity contribution in [2.75, 3.05) is 16.9 Å². The summed E-state index contributed by atoms with van der Waals surface area (Å²) >= 11 is 1.72. The number of aromatic nitrogens is 1. The normalized spacial score (nSPS) is 18.9. The van der Waals surface area contributed by atoms with Gasteiger partial charge in [0.1, 0.15) is 5.69 Å². The van der Waals surface area contributed by atoms with Crippen molar-refractivity contribution in [3.05, 3.63) is 18.3 Å². The lowest BCUT2D eigenvalue weighted by Gasteiger charge is -2.15. The van der Waals surface area contributed by atoms with Crippen LogP contribution in [0.1, 0.15) is 13.8 Å². The largest absolute Gasteiger partial charge is 0.473 e. The van der Waals surface area contributed by atoms with E-state index in [-0.39, 0.29) is 18.1 Å². The number of nitrogens with zero attached hydrogens (tertiary/aromatic N) is 1. The predicted octanol–water partition coefficient (Wildman–Crippen LogP) is 1.47. The number of hydrogen-bond acceptors (Lipinski definition) is 5. The van der Waals surface area contributed by atoms with Crippen LogP contribution >= 0.6 is 11.8 Å².